The van der Waals surface area contributed by atoms with Gasteiger partial charge < -0.3 is 24.1 Å². The van der Waals surface area contributed by atoms with E-state index in [4.69, 9.17) is 13.9 Å². The zero-order valence-electron chi connectivity index (χ0n) is 19.6. The summed E-state index contributed by atoms with van der Waals surface area (Å²) in [6, 6.07) is 15.8. The molecule has 33 heavy (non-hydrogen) atoms. The number of hydrogen-bond acceptors (Lipinski definition) is 7. The number of anilines is 1. The zero-order chi connectivity index (χ0) is 23.6. The van der Waals surface area contributed by atoms with Crippen molar-refractivity contribution in [2.24, 2.45) is 0 Å². The molecule has 0 bridgehead atoms. The highest BCUT2D eigenvalue weighted by Gasteiger charge is 2.14. The molecule has 1 aromatic heterocycles. The molecule has 0 spiro atoms. The van der Waals surface area contributed by atoms with E-state index in [0.717, 1.165) is 30.0 Å². The Labute approximate surface area is 199 Å². The summed E-state index contributed by atoms with van der Waals surface area (Å²) in [6.07, 6.45) is 0.888. The van der Waals surface area contributed by atoms with Crippen molar-refractivity contribution >= 4 is 23.4 Å². The zero-order valence-corrected chi connectivity index (χ0v) is 20.4. The lowest BCUT2D eigenvalue weighted by atomic mass is 10.2. The summed E-state index contributed by atoms with van der Waals surface area (Å²) in [5.41, 5.74) is 2.82. The smallest absolute Gasteiger partial charge is 0.230 e. The van der Waals surface area contributed by atoms with Crippen LogP contribution in [-0.4, -0.2) is 51.0 Å². The summed E-state index contributed by atoms with van der Waals surface area (Å²) in [7, 11) is 5.25. The van der Waals surface area contributed by atoms with Gasteiger partial charge in [0.25, 0.3) is 0 Å². The Bertz CT molecular complexity index is 1040. The van der Waals surface area contributed by atoms with Crippen molar-refractivity contribution in [1.82, 2.24) is 10.3 Å². The fourth-order valence-corrected chi connectivity index (χ4v) is 4.15. The van der Waals surface area contributed by atoms with E-state index in [-0.39, 0.29) is 5.91 Å². The lowest BCUT2D eigenvalue weighted by Gasteiger charge is -2.19. The molecule has 0 aliphatic heterocycles. The van der Waals surface area contributed by atoms with Crippen molar-refractivity contribution in [2.75, 3.05) is 45.0 Å². The molecule has 7 nitrogen and oxygen atoms in total. The number of nitrogens with zero attached hydrogens (tertiary/aromatic N) is 2. The summed E-state index contributed by atoms with van der Waals surface area (Å²) < 4.78 is 16.5. The summed E-state index contributed by atoms with van der Waals surface area (Å²) >= 11 is 1.52. The van der Waals surface area contributed by atoms with Gasteiger partial charge in [-0.1, -0.05) is 18.2 Å². The van der Waals surface area contributed by atoms with E-state index >= 15 is 0 Å². The van der Waals surface area contributed by atoms with Crippen LogP contribution in [0.3, 0.4) is 0 Å². The number of hydrogen-bond donors (Lipinski definition) is 1. The van der Waals surface area contributed by atoms with Crippen LogP contribution in [0.5, 0.6) is 11.5 Å². The first-order valence-electron chi connectivity index (χ1n) is 10.8. The third-order valence-electron chi connectivity index (χ3n) is 5.18. The first-order chi connectivity index (χ1) is 16.0. The molecule has 2 aromatic carbocycles. The number of oxazole rings is 1. The summed E-state index contributed by atoms with van der Waals surface area (Å²) in [5.74, 6) is 3.56. The fourth-order valence-electron chi connectivity index (χ4n) is 3.30. The Kier molecular flexibility index (Phi) is 9.06. The van der Waals surface area contributed by atoms with Gasteiger partial charge in [-0.25, -0.2) is 4.98 Å². The van der Waals surface area contributed by atoms with Crippen LogP contribution in [0, 0.1) is 6.92 Å². The number of nitrogens with one attached hydrogen (secondary N) is 1. The molecule has 0 fully saturated rings. The molecule has 0 saturated carbocycles. The van der Waals surface area contributed by atoms with Gasteiger partial charge in [-0.3, -0.25) is 4.79 Å². The molecule has 0 saturated heterocycles. The van der Waals surface area contributed by atoms with Crippen LogP contribution in [0.4, 0.5) is 5.69 Å². The highest BCUT2D eigenvalue weighted by molar-refractivity contribution is 7.99. The number of benzene rings is 2. The van der Waals surface area contributed by atoms with E-state index in [0.29, 0.717) is 35.4 Å². The van der Waals surface area contributed by atoms with Crippen LogP contribution in [0.25, 0.3) is 11.5 Å². The van der Waals surface area contributed by atoms with Crippen LogP contribution in [0.2, 0.25) is 0 Å². The lowest BCUT2D eigenvalue weighted by Crippen LogP contribution is -2.29. The van der Waals surface area contributed by atoms with Gasteiger partial charge in [-0.15, -0.1) is 11.8 Å². The molecule has 3 aromatic rings. The maximum Gasteiger partial charge on any atom is 0.230 e. The largest absolute Gasteiger partial charge is 0.493 e. The van der Waals surface area contributed by atoms with Crippen molar-refractivity contribution in [3.05, 3.63) is 60.0 Å². The summed E-state index contributed by atoms with van der Waals surface area (Å²) in [5, 5.41) is 2.99. The second kappa shape index (κ2) is 12.2. The third-order valence-corrected chi connectivity index (χ3v) is 6.13. The lowest BCUT2D eigenvalue weighted by molar-refractivity contribution is -0.118. The van der Waals surface area contributed by atoms with Crippen molar-refractivity contribution in [3.8, 4) is 23.0 Å². The van der Waals surface area contributed by atoms with Gasteiger partial charge in [0.15, 0.2) is 11.5 Å². The first-order valence-corrected chi connectivity index (χ1v) is 12.0. The number of thioether (sulfide) groups is 1. The number of para-hydroxylation sites is 1. The molecule has 0 atom stereocenters. The molecule has 0 aliphatic carbocycles. The maximum atomic E-state index is 12.2. The molecule has 8 heteroatoms. The van der Waals surface area contributed by atoms with E-state index in [2.05, 4.69) is 34.4 Å². The Balaban J connectivity index is 1.41. The molecule has 0 unspecified atom stereocenters. The van der Waals surface area contributed by atoms with Crippen LogP contribution >= 0.6 is 11.8 Å². The molecule has 176 valence electrons. The number of ether oxygens (including phenoxy) is 2. The molecule has 1 amide bonds. The van der Waals surface area contributed by atoms with Crippen molar-refractivity contribution in [1.29, 1.82) is 0 Å². The van der Waals surface area contributed by atoms with Gasteiger partial charge >= 0.3 is 0 Å². The minimum Gasteiger partial charge on any atom is -0.493 e. The Morgan fingerprint density at radius 2 is 1.88 bits per heavy atom. The summed E-state index contributed by atoms with van der Waals surface area (Å²) in [6.45, 7) is 3.42. The minimum atomic E-state index is 0.0311. The van der Waals surface area contributed by atoms with E-state index in [1.165, 1.54) is 17.4 Å². The van der Waals surface area contributed by atoms with E-state index in [9.17, 15) is 4.79 Å². The van der Waals surface area contributed by atoms with Crippen LogP contribution in [0.15, 0.2) is 52.9 Å². The van der Waals surface area contributed by atoms with Crippen LogP contribution < -0.4 is 19.7 Å². The van der Waals surface area contributed by atoms with Crippen molar-refractivity contribution in [3.63, 3.8) is 0 Å². The Hall–Kier alpha value is -3.13. The van der Waals surface area contributed by atoms with Gasteiger partial charge in [-0.2, -0.15) is 0 Å². The number of amides is 1. The van der Waals surface area contributed by atoms with Crippen molar-refractivity contribution in [2.45, 2.75) is 19.1 Å². The van der Waals surface area contributed by atoms with Crippen molar-refractivity contribution < 1.29 is 18.7 Å². The van der Waals surface area contributed by atoms with E-state index in [1.807, 2.05) is 43.3 Å². The standard InChI is InChI=1S/C25H31N3O4S/c1-18-21(27-25(32-18)19-11-12-22(30-3)23(15-19)31-4)16-33-17-24(29)26-13-8-14-28(2)20-9-6-5-7-10-20/h5-7,9-12,15H,8,13-14,16-17H2,1-4H3,(H,26,29). The predicted octanol–water partition coefficient (Wildman–Crippen LogP) is 4.54. The Morgan fingerprint density at radius 1 is 1.12 bits per heavy atom. The molecule has 1 heterocycles. The highest BCUT2D eigenvalue weighted by atomic mass is 32.2. The topological polar surface area (TPSA) is 76.8 Å². The normalized spacial score (nSPS) is 10.7. The summed E-state index contributed by atoms with van der Waals surface area (Å²) in [4.78, 5) is 19.0. The number of rotatable bonds is 12. The van der Waals surface area contributed by atoms with Gasteiger partial charge in [0.05, 0.1) is 25.7 Å². The second-order valence-electron chi connectivity index (χ2n) is 7.55. The van der Waals surface area contributed by atoms with Crippen LogP contribution in [0.1, 0.15) is 17.9 Å². The van der Waals surface area contributed by atoms with Gasteiger partial charge in [-0.05, 0) is 43.7 Å². The van der Waals surface area contributed by atoms with E-state index < -0.39 is 0 Å². The predicted molar refractivity (Wildman–Crippen MR) is 133 cm³/mol. The monoisotopic (exact) mass is 469 g/mol. The average molecular weight is 470 g/mol. The fraction of sp³-hybridized carbons (Fsp3) is 0.360. The Morgan fingerprint density at radius 3 is 2.61 bits per heavy atom. The number of aryl methyl sites for hydroxylation is 1. The SMILES string of the molecule is COc1ccc(-c2nc(CSCC(=O)NCCCN(C)c3ccccc3)c(C)o2)cc1OC. The number of carbonyl (C=O) groups is 1. The molecular weight excluding hydrogens is 438 g/mol. The molecular formula is C25H31N3O4S. The van der Waals surface area contributed by atoms with Gasteiger partial charge in [0, 0.05) is 37.1 Å². The average Bonchev–Trinajstić information content (AvgIpc) is 3.22. The number of methoxy groups -OCH3 is 2. The molecule has 0 aliphatic rings. The maximum absolute atomic E-state index is 12.2. The second-order valence-corrected chi connectivity index (χ2v) is 8.53. The molecule has 3 rings (SSSR count). The van der Waals surface area contributed by atoms with Gasteiger partial charge in [0.2, 0.25) is 11.8 Å². The highest BCUT2D eigenvalue weighted by Crippen LogP contribution is 2.33. The van der Waals surface area contributed by atoms with Crippen LogP contribution in [-0.2, 0) is 10.5 Å². The number of aromatic nitrogens is 1. The third kappa shape index (κ3) is 6.92. The minimum absolute atomic E-state index is 0.0311. The van der Waals surface area contributed by atoms with Gasteiger partial charge in [0.1, 0.15) is 5.76 Å². The first kappa shape index (κ1) is 24.5. The molecule has 1 N–H and O–H groups in total. The number of carbonyl (C=O) groups excluding carboxylic acids is 1. The quantitative estimate of drug-likeness (QED) is 0.390. The van der Waals surface area contributed by atoms with E-state index in [1.54, 1.807) is 14.2 Å². The molecule has 0 radical (unpaired) electrons.